The van der Waals surface area contributed by atoms with Crippen molar-refractivity contribution < 1.29 is 9.13 Å². The molecule has 2 aromatic rings. The van der Waals surface area contributed by atoms with Gasteiger partial charge in [-0.25, -0.2) is 9.38 Å². The molecule has 1 atom stereocenters. The van der Waals surface area contributed by atoms with Gasteiger partial charge in [0.05, 0.1) is 32.0 Å². The normalized spacial score (nSPS) is 16.2. The molecule has 29 heavy (non-hydrogen) atoms. The lowest BCUT2D eigenvalue weighted by molar-refractivity contribution is 0.0170. The van der Waals surface area contributed by atoms with E-state index in [1.807, 2.05) is 38.5 Å². The van der Waals surface area contributed by atoms with Crippen LogP contribution >= 0.6 is 24.0 Å². The number of nitrogens with zero attached hydrogens (tertiary/aromatic N) is 4. The lowest BCUT2D eigenvalue weighted by atomic mass is 10.0. The molecule has 2 heterocycles. The number of nitrogens with one attached hydrogen (secondary N) is 2. The van der Waals surface area contributed by atoms with E-state index >= 15 is 0 Å². The molecular weight excluding hydrogens is 486 g/mol. The van der Waals surface area contributed by atoms with Crippen LogP contribution in [-0.4, -0.2) is 60.0 Å². The van der Waals surface area contributed by atoms with Crippen molar-refractivity contribution in [1.82, 2.24) is 25.3 Å². The minimum atomic E-state index is -0.219. The smallest absolute Gasteiger partial charge is 0.191 e. The first-order valence-corrected chi connectivity index (χ1v) is 9.72. The number of hydrogen-bond acceptors (Lipinski definition) is 4. The Bertz CT molecular complexity index is 761. The lowest BCUT2D eigenvalue weighted by Crippen LogP contribution is -2.46. The van der Waals surface area contributed by atoms with E-state index in [4.69, 9.17) is 4.74 Å². The van der Waals surface area contributed by atoms with E-state index in [1.165, 1.54) is 12.1 Å². The van der Waals surface area contributed by atoms with Gasteiger partial charge in [0.25, 0.3) is 0 Å². The second-order valence-electron chi connectivity index (χ2n) is 6.81. The van der Waals surface area contributed by atoms with Crippen molar-refractivity contribution in [3.8, 4) is 0 Å². The maximum atomic E-state index is 13.4. The highest BCUT2D eigenvalue weighted by molar-refractivity contribution is 14.0. The zero-order valence-corrected chi connectivity index (χ0v) is 19.3. The van der Waals surface area contributed by atoms with Crippen LogP contribution < -0.4 is 10.6 Å². The summed E-state index contributed by atoms with van der Waals surface area (Å²) in [5.41, 5.74) is 2.14. The molecule has 1 aromatic carbocycles. The second kappa shape index (κ2) is 12.1. The summed E-state index contributed by atoms with van der Waals surface area (Å²) in [5, 5.41) is 10.9. The van der Waals surface area contributed by atoms with Crippen LogP contribution in [0.1, 0.15) is 24.1 Å². The number of aliphatic imine (C=N–C) groups is 1. The summed E-state index contributed by atoms with van der Waals surface area (Å²) in [5.74, 6) is 0.538. The van der Waals surface area contributed by atoms with Crippen molar-refractivity contribution in [1.29, 1.82) is 0 Å². The zero-order valence-electron chi connectivity index (χ0n) is 17.0. The molecule has 0 bridgehead atoms. The first-order valence-electron chi connectivity index (χ1n) is 9.72. The molecule has 2 N–H and O–H groups in total. The number of hydrogen-bond donors (Lipinski definition) is 2. The summed E-state index contributed by atoms with van der Waals surface area (Å²) < 4.78 is 20.6. The monoisotopic (exact) mass is 516 g/mol. The first-order chi connectivity index (χ1) is 13.7. The van der Waals surface area contributed by atoms with E-state index in [-0.39, 0.29) is 35.8 Å². The van der Waals surface area contributed by atoms with Gasteiger partial charge in [0, 0.05) is 45.0 Å². The fourth-order valence-corrected chi connectivity index (χ4v) is 3.29. The van der Waals surface area contributed by atoms with Crippen molar-refractivity contribution in [3.63, 3.8) is 0 Å². The van der Waals surface area contributed by atoms with Gasteiger partial charge in [-0.2, -0.15) is 5.10 Å². The fraction of sp³-hybridized carbons (Fsp3) is 0.500. The summed E-state index contributed by atoms with van der Waals surface area (Å²) in [6.45, 7) is 7.19. The van der Waals surface area contributed by atoms with E-state index in [0.29, 0.717) is 26.3 Å². The summed E-state index contributed by atoms with van der Waals surface area (Å²) in [7, 11) is 1.90. The molecule has 0 radical (unpaired) electrons. The molecule has 1 unspecified atom stereocenters. The standard InChI is InChI=1S/C20H29FN6O.HI/c1-3-22-20(23-12-16-13-25-26(2)15-16)24-14-19(27-8-10-28-11-9-27)17-4-6-18(21)7-5-17;/h4-7,13,15,19H,3,8-12,14H2,1-2H3,(H2,22,23,24);1H. The quantitative estimate of drug-likeness (QED) is 0.336. The summed E-state index contributed by atoms with van der Waals surface area (Å²) in [6.07, 6.45) is 3.78. The third kappa shape index (κ3) is 7.23. The molecule has 0 aliphatic carbocycles. The van der Waals surface area contributed by atoms with E-state index in [0.717, 1.165) is 36.7 Å². The Balaban J connectivity index is 0.00000300. The van der Waals surface area contributed by atoms with Gasteiger partial charge in [-0.1, -0.05) is 12.1 Å². The van der Waals surface area contributed by atoms with Crippen molar-refractivity contribution in [2.24, 2.45) is 12.0 Å². The van der Waals surface area contributed by atoms with E-state index < -0.39 is 0 Å². The van der Waals surface area contributed by atoms with Gasteiger partial charge < -0.3 is 15.4 Å². The van der Waals surface area contributed by atoms with Crippen LogP contribution in [0.15, 0.2) is 41.7 Å². The van der Waals surface area contributed by atoms with E-state index in [1.54, 1.807) is 4.68 Å². The van der Waals surface area contributed by atoms with Gasteiger partial charge in [-0.3, -0.25) is 9.58 Å². The van der Waals surface area contributed by atoms with Crippen molar-refractivity contribution in [3.05, 3.63) is 53.6 Å². The van der Waals surface area contributed by atoms with Gasteiger partial charge in [-0.15, -0.1) is 24.0 Å². The van der Waals surface area contributed by atoms with Gasteiger partial charge >= 0.3 is 0 Å². The van der Waals surface area contributed by atoms with Crippen LogP contribution in [0, 0.1) is 5.82 Å². The van der Waals surface area contributed by atoms with E-state index in [9.17, 15) is 4.39 Å². The Morgan fingerprint density at radius 1 is 1.24 bits per heavy atom. The first kappa shape index (κ1) is 23.6. The molecule has 0 spiro atoms. The number of benzene rings is 1. The fourth-order valence-electron chi connectivity index (χ4n) is 3.29. The van der Waals surface area contributed by atoms with Crippen LogP contribution in [0.3, 0.4) is 0 Å². The number of guanidine groups is 1. The number of ether oxygens (including phenoxy) is 1. The van der Waals surface area contributed by atoms with Crippen molar-refractivity contribution in [2.75, 3.05) is 39.4 Å². The number of morpholine rings is 1. The van der Waals surface area contributed by atoms with Crippen LogP contribution in [0.2, 0.25) is 0 Å². The molecule has 1 fully saturated rings. The molecule has 1 aliphatic heterocycles. The second-order valence-corrected chi connectivity index (χ2v) is 6.81. The highest BCUT2D eigenvalue weighted by atomic mass is 127. The third-order valence-electron chi connectivity index (χ3n) is 4.73. The SMILES string of the molecule is CCNC(=NCc1cnn(C)c1)NCC(c1ccc(F)cc1)N1CCOCC1.I. The number of halogens is 2. The van der Waals surface area contributed by atoms with Gasteiger partial charge in [-0.05, 0) is 24.6 Å². The largest absolute Gasteiger partial charge is 0.379 e. The Labute approximate surface area is 188 Å². The molecule has 3 rings (SSSR count). The molecule has 0 saturated carbocycles. The number of rotatable bonds is 7. The zero-order chi connectivity index (χ0) is 19.8. The summed E-state index contributed by atoms with van der Waals surface area (Å²) in [4.78, 5) is 7.03. The highest BCUT2D eigenvalue weighted by Crippen LogP contribution is 2.21. The van der Waals surface area contributed by atoms with Crippen LogP contribution in [0.5, 0.6) is 0 Å². The minimum Gasteiger partial charge on any atom is -0.379 e. The minimum absolute atomic E-state index is 0. The average molecular weight is 516 g/mol. The Kier molecular flexibility index (Phi) is 9.82. The molecule has 7 nitrogen and oxygen atoms in total. The highest BCUT2D eigenvalue weighted by Gasteiger charge is 2.23. The molecular formula is C20H30FIN6O. The van der Waals surface area contributed by atoms with Gasteiger partial charge in [0.15, 0.2) is 5.96 Å². The Morgan fingerprint density at radius 3 is 2.59 bits per heavy atom. The summed E-state index contributed by atoms with van der Waals surface area (Å²) in [6, 6.07) is 6.87. The maximum absolute atomic E-state index is 13.4. The lowest BCUT2D eigenvalue weighted by Gasteiger charge is -2.35. The maximum Gasteiger partial charge on any atom is 0.191 e. The molecule has 1 aromatic heterocycles. The molecule has 1 aliphatic rings. The molecule has 9 heteroatoms. The van der Waals surface area contributed by atoms with Crippen LogP contribution in [-0.2, 0) is 18.3 Å². The Morgan fingerprint density at radius 2 is 1.97 bits per heavy atom. The van der Waals surface area contributed by atoms with Crippen molar-refractivity contribution >= 4 is 29.9 Å². The van der Waals surface area contributed by atoms with Crippen LogP contribution in [0.25, 0.3) is 0 Å². The van der Waals surface area contributed by atoms with Gasteiger partial charge in [0.1, 0.15) is 5.82 Å². The molecule has 160 valence electrons. The van der Waals surface area contributed by atoms with Crippen LogP contribution in [0.4, 0.5) is 4.39 Å². The van der Waals surface area contributed by atoms with E-state index in [2.05, 4.69) is 25.6 Å². The predicted octanol–water partition coefficient (Wildman–Crippen LogP) is 2.31. The Hall–Kier alpha value is -1.72. The number of aromatic nitrogens is 2. The third-order valence-corrected chi connectivity index (χ3v) is 4.73. The van der Waals surface area contributed by atoms with Gasteiger partial charge in [0.2, 0.25) is 0 Å². The predicted molar refractivity (Wildman–Crippen MR) is 123 cm³/mol. The molecule has 1 saturated heterocycles. The number of aryl methyl sites for hydroxylation is 1. The van der Waals surface area contributed by atoms with Crippen molar-refractivity contribution in [2.45, 2.75) is 19.5 Å². The summed E-state index contributed by atoms with van der Waals surface area (Å²) >= 11 is 0. The molecule has 0 amide bonds. The topological polar surface area (TPSA) is 66.7 Å². The average Bonchev–Trinajstić information content (AvgIpc) is 3.13.